The van der Waals surface area contributed by atoms with Crippen LogP contribution in [-0.2, 0) is 16.5 Å². The topological polar surface area (TPSA) is 104 Å². The summed E-state index contributed by atoms with van der Waals surface area (Å²) in [7, 11) is -4.64. The molecule has 118 valence electrons. The van der Waals surface area contributed by atoms with E-state index in [1.807, 2.05) is 0 Å². The van der Waals surface area contributed by atoms with E-state index in [0.29, 0.717) is 5.56 Å². The monoisotopic (exact) mass is 324 g/mol. The average Bonchev–Trinajstić information content (AvgIpc) is 2.43. The summed E-state index contributed by atoms with van der Waals surface area (Å²) in [4.78, 5) is -2.06. The van der Waals surface area contributed by atoms with Gasteiger partial charge in [0.2, 0.25) is 10.7 Å². The van der Waals surface area contributed by atoms with Crippen molar-refractivity contribution < 1.29 is 27.9 Å². The number of benzene rings is 2. The van der Waals surface area contributed by atoms with Gasteiger partial charge in [-0.05, 0) is 24.6 Å². The normalized spacial score (nSPS) is 14.3. The molecule has 3 N–H and O–H groups in total. The van der Waals surface area contributed by atoms with Gasteiger partial charge in [0.1, 0.15) is 0 Å². The van der Waals surface area contributed by atoms with E-state index in [0.717, 1.165) is 0 Å². The highest BCUT2D eigenvalue weighted by Gasteiger charge is 2.42. The number of rotatable bonds is 5. The number of ether oxygens (including phenoxy) is 1. The smallest absolute Gasteiger partial charge is 0.306 e. The number of aromatic hydroxyl groups is 2. The quantitative estimate of drug-likeness (QED) is 0.729. The summed E-state index contributed by atoms with van der Waals surface area (Å²) < 4.78 is 38.3. The summed E-state index contributed by atoms with van der Waals surface area (Å²) in [5, 5.41) is 19.5. The van der Waals surface area contributed by atoms with Crippen molar-refractivity contribution in [1.82, 2.24) is 0 Å². The first-order valence-corrected chi connectivity index (χ1v) is 7.88. The highest BCUT2D eigenvalue weighted by Crippen LogP contribution is 2.39. The predicted molar refractivity (Wildman–Crippen MR) is 80.5 cm³/mol. The third kappa shape index (κ3) is 3.32. The SMILES string of the molecule is CC(Cc1ccccc1)(Oc1c(O)cccc1O)S(=O)(=O)O. The van der Waals surface area contributed by atoms with E-state index in [9.17, 15) is 23.2 Å². The molecule has 0 aliphatic heterocycles. The minimum atomic E-state index is -4.64. The molecule has 0 bridgehead atoms. The third-order valence-corrected chi connectivity index (χ3v) is 4.52. The standard InChI is InChI=1S/C15H16O6S/c1-15(22(18,19)20,10-11-6-3-2-4-7-11)21-14-12(16)8-5-9-13(14)17/h2-9,16-17H,10H2,1H3,(H,18,19,20). The van der Waals surface area contributed by atoms with Crippen LogP contribution in [0.5, 0.6) is 17.2 Å². The molecule has 0 amide bonds. The van der Waals surface area contributed by atoms with Gasteiger partial charge in [-0.15, -0.1) is 0 Å². The lowest BCUT2D eigenvalue weighted by Gasteiger charge is -2.28. The summed E-state index contributed by atoms with van der Waals surface area (Å²) in [6.45, 7) is 1.17. The molecule has 0 saturated carbocycles. The molecular formula is C15H16O6S. The summed E-state index contributed by atoms with van der Waals surface area (Å²) in [5.41, 5.74) is 0.609. The first-order chi connectivity index (χ1) is 10.2. The molecule has 0 heterocycles. The molecular weight excluding hydrogens is 308 g/mol. The Morgan fingerprint density at radius 3 is 2.05 bits per heavy atom. The van der Waals surface area contributed by atoms with Gasteiger partial charge in [0.25, 0.3) is 0 Å². The fourth-order valence-corrected chi connectivity index (χ4v) is 2.52. The van der Waals surface area contributed by atoms with Crippen molar-refractivity contribution in [2.45, 2.75) is 18.3 Å². The van der Waals surface area contributed by atoms with Gasteiger partial charge in [0.05, 0.1) is 0 Å². The van der Waals surface area contributed by atoms with E-state index < -0.39 is 32.3 Å². The highest BCUT2D eigenvalue weighted by molar-refractivity contribution is 7.87. The van der Waals surface area contributed by atoms with Crippen molar-refractivity contribution in [1.29, 1.82) is 0 Å². The van der Waals surface area contributed by atoms with E-state index in [1.54, 1.807) is 30.3 Å². The molecule has 0 fully saturated rings. The van der Waals surface area contributed by atoms with Crippen LogP contribution in [0.25, 0.3) is 0 Å². The molecule has 2 aromatic carbocycles. The molecule has 7 heteroatoms. The molecule has 0 radical (unpaired) electrons. The van der Waals surface area contributed by atoms with Crippen molar-refractivity contribution in [3.63, 3.8) is 0 Å². The van der Waals surface area contributed by atoms with Crippen LogP contribution < -0.4 is 4.74 Å². The van der Waals surface area contributed by atoms with Gasteiger partial charge in [0, 0.05) is 6.42 Å². The third-order valence-electron chi connectivity index (χ3n) is 3.21. The van der Waals surface area contributed by atoms with Crippen molar-refractivity contribution in [3.8, 4) is 17.2 Å². The van der Waals surface area contributed by atoms with Crippen LogP contribution in [0.3, 0.4) is 0 Å². The number of hydrogen-bond donors (Lipinski definition) is 3. The van der Waals surface area contributed by atoms with Crippen LogP contribution in [-0.4, -0.2) is 28.1 Å². The van der Waals surface area contributed by atoms with Crippen LogP contribution in [0.1, 0.15) is 12.5 Å². The predicted octanol–water partition coefficient (Wildman–Crippen LogP) is 2.32. The zero-order chi connectivity index (χ0) is 16.4. The largest absolute Gasteiger partial charge is 0.504 e. The lowest BCUT2D eigenvalue weighted by atomic mass is 10.1. The second kappa shape index (κ2) is 5.86. The number of phenols is 2. The van der Waals surface area contributed by atoms with Crippen molar-refractivity contribution >= 4 is 10.1 Å². The number of para-hydroxylation sites is 1. The second-order valence-corrected chi connectivity index (χ2v) is 6.81. The fourth-order valence-electron chi connectivity index (χ4n) is 1.98. The van der Waals surface area contributed by atoms with Crippen LogP contribution in [0.2, 0.25) is 0 Å². The highest BCUT2D eigenvalue weighted by atomic mass is 32.2. The van der Waals surface area contributed by atoms with Crippen LogP contribution in [0.15, 0.2) is 48.5 Å². The Kier molecular flexibility index (Phi) is 4.30. The van der Waals surface area contributed by atoms with Crippen molar-refractivity contribution in [3.05, 3.63) is 54.1 Å². The van der Waals surface area contributed by atoms with Gasteiger partial charge in [-0.1, -0.05) is 36.4 Å². The molecule has 0 aromatic heterocycles. The minimum Gasteiger partial charge on any atom is -0.504 e. The van der Waals surface area contributed by atoms with E-state index in [-0.39, 0.29) is 6.42 Å². The first kappa shape index (κ1) is 16.1. The Bertz CT molecular complexity index is 737. The zero-order valence-corrected chi connectivity index (χ0v) is 12.6. The fraction of sp³-hybridized carbons (Fsp3) is 0.200. The maximum atomic E-state index is 11.8. The molecule has 0 saturated heterocycles. The Labute approximate surface area is 128 Å². The summed E-state index contributed by atoms with van der Waals surface area (Å²) in [6.07, 6.45) is -0.166. The number of hydrogen-bond acceptors (Lipinski definition) is 5. The maximum Gasteiger partial charge on any atom is 0.306 e. The Hall–Kier alpha value is -2.25. The van der Waals surface area contributed by atoms with Gasteiger partial charge >= 0.3 is 10.1 Å². The summed E-state index contributed by atoms with van der Waals surface area (Å²) >= 11 is 0. The van der Waals surface area contributed by atoms with E-state index in [1.165, 1.54) is 25.1 Å². The molecule has 0 spiro atoms. The zero-order valence-electron chi connectivity index (χ0n) is 11.8. The Balaban J connectivity index is 2.43. The summed E-state index contributed by atoms with van der Waals surface area (Å²) in [6, 6.07) is 12.4. The lowest BCUT2D eigenvalue weighted by Crippen LogP contribution is -2.43. The molecule has 0 aliphatic carbocycles. The van der Waals surface area contributed by atoms with Crippen molar-refractivity contribution in [2.75, 3.05) is 0 Å². The minimum absolute atomic E-state index is 0.166. The Morgan fingerprint density at radius 2 is 1.55 bits per heavy atom. The van der Waals surface area contributed by atoms with Gasteiger partial charge in [0.15, 0.2) is 11.5 Å². The van der Waals surface area contributed by atoms with Crippen LogP contribution in [0, 0.1) is 0 Å². The summed E-state index contributed by atoms with van der Waals surface area (Å²) in [5.74, 6) is -1.26. The van der Waals surface area contributed by atoms with Gasteiger partial charge in [-0.25, -0.2) is 0 Å². The van der Waals surface area contributed by atoms with Gasteiger partial charge in [-0.2, -0.15) is 8.42 Å². The second-order valence-electron chi connectivity index (χ2n) is 5.00. The molecule has 2 aromatic rings. The molecule has 1 atom stereocenters. The molecule has 22 heavy (non-hydrogen) atoms. The maximum absolute atomic E-state index is 11.8. The molecule has 6 nitrogen and oxygen atoms in total. The van der Waals surface area contributed by atoms with Gasteiger partial charge < -0.3 is 14.9 Å². The van der Waals surface area contributed by atoms with E-state index in [4.69, 9.17) is 4.74 Å². The molecule has 1 unspecified atom stereocenters. The lowest BCUT2D eigenvalue weighted by molar-refractivity contribution is 0.148. The van der Waals surface area contributed by atoms with Gasteiger partial charge in [-0.3, -0.25) is 4.55 Å². The number of phenolic OH excluding ortho intramolecular Hbond substituents is 2. The Morgan fingerprint density at radius 1 is 1.00 bits per heavy atom. The molecule has 0 aliphatic rings. The van der Waals surface area contributed by atoms with Crippen LogP contribution in [0.4, 0.5) is 0 Å². The van der Waals surface area contributed by atoms with E-state index in [2.05, 4.69) is 0 Å². The van der Waals surface area contributed by atoms with Crippen LogP contribution >= 0.6 is 0 Å². The molecule has 2 rings (SSSR count). The van der Waals surface area contributed by atoms with Crippen molar-refractivity contribution in [2.24, 2.45) is 0 Å². The first-order valence-electron chi connectivity index (χ1n) is 6.44. The van der Waals surface area contributed by atoms with E-state index >= 15 is 0 Å². The average molecular weight is 324 g/mol.